The summed E-state index contributed by atoms with van der Waals surface area (Å²) in [5, 5.41) is 14.7. The lowest BCUT2D eigenvalue weighted by atomic mass is 9.76. The van der Waals surface area contributed by atoms with Gasteiger partial charge in [0.2, 0.25) is 17.4 Å². The molecule has 6 atom stereocenters. The molecule has 1 aromatic rings. The first-order valence-electron chi connectivity index (χ1n) is 9.97. The maximum absolute atomic E-state index is 14.1. The average Bonchev–Trinajstić information content (AvgIpc) is 3.41. The number of aliphatic hydroxyl groups is 1. The number of likely N-dealkylation sites (tertiary alicyclic amines) is 1. The fraction of sp³-hybridized carbons (Fsp3) is 0.550. The zero-order chi connectivity index (χ0) is 20.5. The van der Waals surface area contributed by atoms with Crippen molar-refractivity contribution in [2.75, 3.05) is 18.5 Å². The van der Waals surface area contributed by atoms with E-state index >= 15 is 0 Å². The Hall–Kier alpha value is -2.36. The smallest absolute Gasteiger partial charge is 0.291 e. The van der Waals surface area contributed by atoms with E-state index in [2.05, 4.69) is 5.32 Å². The Morgan fingerprint density at radius 1 is 1.38 bits per heavy atom. The number of anilines is 1. The monoisotopic (exact) mass is 404 g/mol. The maximum atomic E-state index is 14.1. The molecule has 0 aromatic heterocycles. The number of ether oxygens (including phenoxy) is 1. The molecule has 8 nitrogen and oxygen atoms in total. The summed E-state index contributed by atoms with van der Waals surface area (Å²) in [5.41, 5.74) is -0.696. The minimum absolute atomic E-state index is 0.144. The van der Waals surface area contributed by atoms with Crippen molar-refractivity contribution in [3.63, 3.8) is 0 Å². The molecule has 154 valence electrons. The molecule has 3 fully saturated rings. The first-order valence-corrected chi connectivity index (χ1v) is 9.97. The summed E-state index contributed by atoms with van der Waals surface area (Å²) < 4.78 is 19.7. The van der Waals surface area contributed by atoms with Gasteiger partial charge >= 0.3 is 0 Å². The van der Waals surface area contributed by atoms with Gasteiger partial charge in [-0.15, -0.1) is 0 Å². The number of carbonyl (C=O) groups is 3. The number of benzene rings is 1. The Kier molecular flexibility index (Phi) is 4.06. The highest BCUT2D eigenvalue weighted by molar-refractivity contribution is 6.13. The molecule has 4 aliphatic heterocycles. The highest BCUT2D eigenvalue weighted by Gasteiger charge is 2.75. The van der Waals surface area contributed by atoms with Crippen molar-refractivity contribution in [3.8, 4) is 0 Å². The molecule has 4 heterocycles. The van der Waals surface area contributed by atoms with Gasteiger partial charge in [-0.1, -0.05) is 0 Å². The summed E-state index contributed by atoms with van der Waals surface area (Å²) in [6, 6.07) is 3.25. The van der Waals surface area contributed by atoms with Crippen molar-refractivity contribution in [2.45, 2.75) is 43.6 Å². The van der Waals surface area contributed by atoms with Gasteiger partial charge in [0, 0.05) is 12.2 Å². The van der Waals surface area contributed by atoms with Gasteiger partial charge in [-0.05, 0) is 38.0 Å². The SMILES string of the molecule is C[C@H](O)[C@@H]1[NH2+][C@@]2(C(=O)Nc3ccc(F)cc32)[C@H]2C(=O)N(C[C@@H]3CCCO3)C(=O)[C@@H]12. The molecule has 3 amide bonds. The van der Waals surface area contributed by atoms with Gasteiger partial charge in [0.15, 0.2) is 0 Å². The van der Waals surface area contributed by atoms with Crippen LogP contribution in [0.3, 0.4) is 0 Å². The first kappa shape index (κ1) is 18.7. The molecule has 0 unspecified atom stereocenters. The van der Waals surface area contributed by atoms with E-state index in [9.17, 15) is 23.9 Å². The molecular formula is C20H23FN3O5+. The van der Waals surface area contributed by atoms with Gasteiger partial charge in [0.1, 0.15) is 29.8 Å². The molecule has 0 aliphatic carbocycles. The van der Waals surface area contributed by atoms with Crippen LogP contribution < -0.4 is 10.6 Å². The predicted octanol–water partition coefficient (Wildman–Crippen LogP) is -0.920. The van der Waals surface area contributed by atoms with Gasteiger partial charge in [0.05, 0.1) is 18.3 Å². The zero-order valence-corrected chi connectivity index (χ0v) is 15.9. The molecule has 4 N–H and O–H groups in total. The Bertz CT molecular complexity index is 915. The average molecular weight is 404 g/mol. The van der Waals surface area contributed by atoms with Crippen molar-refractivity contribution in [1.82, 2.24) is 4.90 Å². The van der Waals surface area contributed by atoms with Crippen LogP contribution in [0.4, 0.5) is 10.1 Å². The third kappa shape index (κ3) is 2.44. The predicted molar refractivity (Wildman–Crippen MR) is 96.8 cm³/mol. The molecule has 3 saturated heterocycles. The van der Waals surface area contributed by atoms with Crippen molar-refractivity contribution in [2.24, 2.45) is 11.8 Å². The van der Waals surface area contributed by atoms with Crippen molar-refractivity contribution in [3.05, 3.63) is 29.6 Å². The summed E-state index contributed by atoms with van der Waals surface area (Å²) in [4.78, 5) is 41.0. The topological polar surface area (TPSA) is 113 Å². The zero-order valence-electron chi connectivity index (χ0n) is 15.9. The van der Waals surface area contributed by atoms with Gasteiger partial charge < -0.3 is 20.5 Å². The lowest BCUT2D eigenvalue weighted by Crippen LogP contribution is -3.00. The number of halogens is 1. The van der Waals surface area contributed by atoms with Crippen LogP contribution in [-0.2, 0) is 24.7 Å². The van der Waals surface area contributed by atoms with Crippen LogP contribution >= 0.6 is 0 Å². The van der Waals surface area contributed by atoms with E-state index in [4.69, 9.17) is 4.74 Å². The summed E-state index contributed by atoms with van der Waals surface area (Å²) in [6.45, 7) is 2.28. The maximum Gasteiger partial charge on any atom is 0.291 e. The van der Waals surface area contributed by atoms with E-state index in [1.165, 1.54) is 30.0 Å². The van der Waals surface area contributed by atoms with Gasteiger partial charge in [-0.2, -0.15) is 0 Å². The second-order valence-electron chi connectivity index (χ2n) is 8.42. The molecule has 0 saturated carbocycles. The highest BCUT2D eigenvalue weighted by Crippen LogP contribution is 2.49. The number of rotatable bonds is 3. The van der Waals surface area contributed by atoms with E-state index in [-0.39, 0.29) is 12.6 Å². The van der Waals surface area contributed by atoms with Crippen LogP contribution in [0.2, 0.25) is 0 Å². The minimum atomic E-state index is -1.47. The molecule has 1 spiro atoms. The Balaban J connectivity index is 1.61. The number of quaternary nitrogens is 1. The summed E-state index contributed by atoms with van der Waals surface area (Å²) in [7, 11) is 0. The third-order valence-corrected chi connectivity index (χ3v) is 6.82. The number of nitrogens with two attached hydrogens (primary N) is 1. The minimum Gasteiger partial charge on any atom is -0.387 e. The van der Waals surface area contributed by atoms with Gasteiger partial charge in [-0.3, -0.25) is 19.3 Å². The van der Waals surface area contributed by atoms with Gasteiger partial charge in [-0.25, -0.2) is 4.39 Å². The van der Waals surface area contributed by atoms with Crippen LogP contribution in [0.5, 0.6) is 0 Å². The van der Waals surface area contributed by atoms with E-state index < -0.39 is 53.1 Å². The summed E-state index contributed by atoms with van der Waals surface area (Å²) in [6.07, 6.45) is 0.481. The standard InChI is InChI=1S/C20H22FN3O5/c1-9(25)16-14-15(18(27)24(17(14)26)8-11-3-2-6-29-11)20(23-16)12-7-10(21)4-5-13(12)22-19(20)28/h4-5,7,9,11,14-16,23,25H,2-3,6,8H2,1H3,(H,22,28)/p+1/t9-,11-,14+,15+,16-,20+/m0/s1. The summed E-state index contributed by atoms with van der Waals surface area (Å²) in [5.74, 6) is -3.70. The molecule has 0 radical (unpaired) electrons. The number of aliphatic hydroxyl groups excluding tert-OH is 1. The first-order chi connectivity index (χ1) is 13.8. The fourth-order valence-electron chi connectivity index (χ4n) is 5.53. The highest BCUT2D eigenvalue weighted by atomic mass is 19.1. The number of hydrogen-bond donors (Lipinski definition) is 3. The van der Waals surface area contributed by atoms with Gasteiger partial charge in [0.25, 0.3) is 5.91 Å². The van der Waals surface area contributed by atoms with Crippen LogP contribution in [0.1, 0.15) is 25.3 Å². The Morgan fingerprint density at radius 3 is 2.86 bits per heavy atom. The van der Waals surface area contributed by atoms with Crippen LogP contribution in [0.15, 0.2) is 18.2 Å². The normalized spacial score (nSPS) is 36.7. The van der Waals surface area contributed by atoms with E-state index in [1.807, 2.05) is 0 Å². The quantitative estimate of drug-likeness (QED) is 0.564. The van der Waals surface area contributed by atoms with Crippen LogP contribution in [0, 0.1) is 17.7 Å². The molecular weight excluding hydrogens is 381 g/mol. The van der Waals surface area contributed by atoms with E-state index in [0.717, 1.165) is 12.8 Å². The second-order valence-corrected chi connectivity index (χ2v) is 8.42. The lowest BCUT2D eigenvalue weighted by Gasteiger charge is -2.27. The fourth-order valence-corrected chi connectivity index (χ4v) is 5.53. The van der Waals surface area contributed by atoms with Crippen molar-refractivity contribution in [1.29, 1.82) is 0 Å². The van der Waals surface area contributed by atoms with E-state index in [0.29, 0.717) is 17.9 Å². The van der Waals surface area contributed by atoms with E-state index in [1.54, 1.807) is 5.32 Å². The Labute approximate surface area is 166 Å². The number of imide groups is 1. The summed E-state index contributed by atoms with van der Waals surface area (Å²) >= 11 is 0. The number of nitrogens with zero attached hydrogens (tertiary/aromatic N) is 1. The van der Waals surface area contributed by atoms with Crippen LogP contribution in [-0.4, -0.2) is 59.1 Å². The van der Waals surface area contributed by atoms with Crippen molar-refractivity contribution >= 4 is 23.4 Å². The largest absolute Gasteiger partial charge is 0.387 e. The molecule has 1 aromatic carbocycles. The number of fused-ring (bicyclic) bond motifs is 4. The number of hydrogen-bond acceptors (Lipinski definition) is 5. The number of carbonyl (C=O) groups excluding carboxylic acids is 3. The molecule has 4 aliphatic rings. The molecule has 29 heavy (non-hydrogen) atoms. The second kappa shape index (κ2) is 6.32. The van der Waals surface area contributed by atoms with Crippen LogP contribution in [0.25, 0.3) is 0 Å². The van der Waals surface area contributed by atoms with Crippen molar-refractivity contribution < 1.29 is 33.9 Å². The molecule has 5 rings (SSSR count). The number of nitrogens with one attached hydrogen (secondary N) is 1. The Morgan fingerprint density at radius 2 is 2.17 bits per heavy atom. The number of amides is 3. The molecule has 9 heteroatoms. The molecule has 0 bridgehead atoms. The lowest BCUT2D eigenvalue weighted by molar-refractivity contribution is -0.738. The third-order valence-electron chi connectivity index (χ3n) is 6.82.